The first-order chi connectivity index (χ1) is 8.60. The van der Waals surface area contributed by atoms with Crippen LogP contribution in [0.15, 0.2) is 12.4 Å². The molecule has 0 atom stereocenters. The molecular weight excluding hydrogens is 254 g/mol. The van der Waals surface area contributed by atoms with Gasteiger partial charge in [-0.1, -0.05) is 11.6 Å². The molecule has 0 bridgehead atoms. The first-order valence-electron chi connectivity index (χ1n) is 5.31. The summed E-state index contributed by atoms with van der Waals surface area (Å²) in [5.74, 6) is 0.950. The molecule has 0 fully saturated rings. The van der Waals surface area contributed by atoms with Crippen molar-refractivity contribution in [3.05, 3.63) is 34.5 Å². The van der Waals surface area contributed by atoms with E-state index in [1.807, 2.05) is 13.2 Å². The van der Waals surface area contributed by atoms with E-state index in [9.17, 15) is 4.79 Å². The Labute approximate surface area is 109 Å². The Morgan fingerprint density at radius 3 is 2.89 bits per heavy atom. The largest absolute Gasteiger partial charge is 0.365 e. The Balaban J connectivity index is 2.20. The third-order valence-electron chi connectivity index (χ3n) is 2.35. The van der Waals surface area contributed by atoms with Gasteiger partial charge in [0.15, 0.2) is 6.29 Å². The molecule has 2 heterocycles. The Morgan fingerprint density at radius 2 is 2.28 bits per heavy atom. The van der Waals surface area contributed by atoms with E-state index < -0.39 is 0 Å². The SMILES string of the molecule is Cc1nc(Cl)c(C=O)c(NCc2cnn(C)c2)n1. The summed E-state index contributed by atoms with van der Waals surface area (Å²) in [7, 11) is 1.84. The first-order valence-corrected chi connectivity index (χ1v) is 5.68. The van der Waals surface area contributed by atoms with Gasteiger partial charge in [-0.2, -0.15) is 5.10 Å². The van der Waals surface area contributed by atoms with Crippen LogP contribution in [0.3, 0.4) is 0 Å². The summed E-state index contributed by atoms with van der Waals surface area (Å²) in [5.41, 5.74) is 1.26. The fourth-order valence-corrected chi connectivity index (χ4v) is 1.79. The van der Waals surface area contributed by atoms with Gasteiger partial charge in [0, 0.05) is 25.4 Å². The maximum atomic E-state index is 11.0. The van der Waals surface area contributed by atoms with Crippen molar-refractivity contribution in [3.63, 3.8) is 0 Å². The van der Waals surface area contributed by atoms with Crippen LogP contribution >= 0.6 is 11.6 Å². The Kier molecular flexibility index (Phi) is 3.57. The molecule has 0 spiro atoms. The van der Waals surface area contributed by atoms with E-state index in [4.69, 9.17) is 11.6 Å². The number of aromatic nitrogens is 4. The number of carbonyl (C=O) groups is 1. The molecule has 2 rings (SSSR count). The predicted octanol–water partition coefficient (Wildman–Crippen LogP) is 1.60. The van der Waals surface area contributed by atoms with Crippen molar-refractivity contribution < 1.29 is 4.79 Å². The predicted molar refractivity (Wildman–Crippen MR) is 67.7 cm³/mol. The molecule has 0 unspecified atom stereocenters. The van der Waals surface area contributed by atoms with E-state index in [1.165, 1.54) is 0 Å². The number of anilines is 1. The van der Waals surface area contributed by atoms with E-state index in [0.717, 1.165) is 5.56 Å². The Morgan fingerprint density at radius 1 is 1.50 bits per heavy atom. The van der Waals surface area contributed by atoms with Crippen LogP contribution in [0.5, 0.6) is 0 Å². The molecular formula is C11H12ClN5O. The van der Waals surface area contributed by atoms with Gasteiger partial charge in [-0.25, -0.2) is 9.97 Å². The number of carbonyl (C=O) groups excluding carboxylic acids is 1. The number of hydrogen-bond donors (Lipinski definition) is 1. The second-order valence-electron chi connectivity index (χ2n) is 3.82. The molecule has 0 aliphatic heterocycles. The fourth-order valence-electron chi connectivity index (χ4n) is 1.54. The van der Waals surface area contributed by atoms with E-state index in [-0.39, 0.29) is 10.7 Å². The van der Waals surface area contributed by atoms with E-state index in [0.29, 0.717) is 24.5 Å². The highest BCUT2D eigenvalue weighted by atomic mass is 35.5. The van der Waals surface area contributed by atoms with Crippen molar-refractivity contribution in [1.82, 2.24) is 19.7 Å². The maximum Gasteiger partial charge on any atom is 0.156 e. The molecule has 1 N–H and O–H groups in total. The zero-order valence-corrected chi connectivity index (χ0v) is 10.8. The summed E-state index contributed by atoms with van der Waals surface area (Å²) in [6, 6.07) is 0. The van der Waals surface area contributed by atoms with Crippen LogP contribution in [0.4, 0.5) is 5.82 Å². The average molecular weight is 266 g/mol. The van der Waals surface area contributed by atoms with Crippen LogP contribution in [0.25, 0.3) is 0 Å². The van der Waals surface area contributed by atoms with Gasteiger partial charge in [0.2, 0.25) is 0 Å². The van der Waals surface area contributed by atoms with Crippen molar-refractivity contribution in [2.75, 3.05) is 5.32 Å². The average Bonchev–Trinajstić information content (AvgIpc) is 2.72. The van der Waals surface area contributed by atoms with Crippen molar-refractivity contribution in [3.8, 4) is 0 Å². The zero-order valence-electron chi connectivity index (χ0n) is 10.0. The highest BCUT2D eigenvalue weighted by Crippen LogP contribution is 2.19. The second-order valence-corrected chi connectivity index (χ2v) is 4.18. The van der Waals surface area contributed by atoms with Crippen LogP contribution in [-0.4, -0.2) is 26.0 Å². The Bertz CT molecular complexity index is 581. The summed E-state index contributed by atoms with van der Waals surface area (Å²) in [6.45, 7) is 2.23. The normalized spacial score (nSPS) is 10.4. The summed E-state index contributed by atoms with van der Waals surface area (Å²) in [5, 5.41) is 7.27. The smallest absolute Gasteiger partial charge is 0.156 e. The number of rotatable bonds is 4. The third-order valence-corrected chi connectivity index (χ3v) is 2.64. The molecule has 18 heavy (non-hydrogen) atoms. The molecule has 0 amide bonds. The minimum atomic E-state index is 0.159. The molecule has 0 aromatic carbocycles. The second kappa shape index (κ2) is 5.14. The standard InChI is InChI=1S/C11H12ClN5O/c1-7-15-10(12)9(6-18)11(16-7)13-3-8-4-14-17(2)5-8/h4-6H,3H2,1-2H3,(H,13,15,16). The topological polar surface area (TPSA) is 72.7 Å². The molecule has 0 aliphatic rings. The summed E-state index contributed by atoms with van der Waals surface area (Å²) in [4.78, 5) is 19.0. The van der Waals surface area contributed by atoms with E-state index in [1.54, 1.807) is 17.8 Å². The number of aryl methyl sites for hydroxylation is 2. The number of aldehydes is 1. The number of nitrogens with zero attached hydrogens (tertiary/aromatic N) is 4. The Hall–Kier alpha value is -1.95. The lowest BCUT2D eigenvalue weighted by atomic mass is 10.3. The van der Waals surface area contributed by atoms with Crippen LogP contribution in [0.2, 0.25) is 5.15 Å². The van der Waals surface area contributed by atoms with Crippen molar-refractivity contribution in [1.29, 1.82) is 0 Å². The van der Waals surface area contributed by atoms with Gasteiger partial charge in [0.05, 0.1) is 11.8 Å². The molecule has 0 radical (unpaired) electrons. The highest BCUT2D eigenvalue weighted by Gasteiger charge is 2.10. The summed E-state index contributed by atoms with van der Waals surface area (Å²) < 4.78 is 1.70. The van der Waals surface area contributed by atoms with Gasteiger partial charge >= 0.3 is 0 Å². The van der Waals surface area contributed by atoms with E-state index in [2.05, 4.69) is 20.4 Å². The number of nitrogens with one attached hydrogen (secondary N) is 1. The van der Waals surface area contributed by atoms with Crippen LogP contribution < -0.4 is 5.32 Å². The minimum absolute atomic E-state index is 0.159. The van der Waals surface area contributed by atoms with Crippen LogP contribution in [0, 0.1) is 6.92 Å². The quantitative estimate of drug-likeness (QED) is 0.671. The molecule has 7 heteroatoms. The van der Waals surface area contributed by atoms with Crippen molar-refractivity contribution >= 4 is 23.7 Å². The van der Waals surface area contributed by atoms with Crippen LogP contribution in [0.1, 0.15) is 21.7 Å². The molecule has 0 saturated carbocycles. The van der Waals surface area contributed by atoms with Gasteiger partial charge in [-0.15, -0.1) is 0 Å². The molecule has 0 aliphatic carbocycles. The van der Waals surface area contributed by atoms with Gasteiger partial charge in [-0.3, -0.25) is 9.48 Å². The van der Waals surface area contributed by atoms with Gasteiger partial charge in [-0.05, 0) is 6.92 Å². The molecule has 2 aromatic heterocycles. The number of hydrogen-bond acceptors (Lipinski definition) is 5. The maximum absolute atomic E-state index is 11.0. The molecule has 6 nitrogen and oxygen atoms in total. The van der Waals surface area contributed by atoms with Gasteiger partial charge in [0.1, 0.15) is 16.8 Å². The summed E-state index contributed by atoms with van der Waals surface area (Å²) >= 11 is 5.88. The molecule has 94 valence electrons. The molecule has 2 aromatic rings. The lowest BCUT2D eigenvalue weighted by Gasteiger charge is -2.08. The fraction of sp³-hybridized carbons (Fsp3) is 0.273. The third kappa shape index (κ3) is 2.65. The first kappa shape index (κ1) is 12.5. The lowest BCUT2D eigenvalue weighted by molar-refractivity contribution is 0.112. The highest BCUT2D eigenvalue weighted by molar-refractivity contribution is 6.32. The number of halogens is 1. The van der Waals surface area contributed by atoms with Crippen molar-refractivity contribution in [2.24, 2.45) is 7.05 Å². The summed E-state index contributed by atoms with van der Waals surface area (Å²) in [6.07, 6.45) is 4.26. The minimum Gasteiger partial charge on any atom is -0.365 e. The van der Waals surface area contributed by atoms with Crippen molar-refractivity contribution in [2.45, 2.75) is 13.5 Å². The van der Waals surface area contributed by atoms with Gasteiger partial charge < -0.3 is 5.32 Å². The lowest BCUT2D eigenvalue weighted by Crippen LogP contribution is -2.07. The van der Waals surface area contributed by atoms with Crippen LogP contribution in [-0.2, 0) is 13.6 Å². The van der Waals surface area contributed by atoms with Gasteiger partial charge in [0.25, 0.3) is 0 Å². The zero-order chi connectivity index (χ0) is 13.1. The monoisotopic (exact) mass is 265 g/mol. The van der Waals surface area contributed by atoms with E-state index >= 15 is 0 Å². The molecule has 0 saturated heterocycles.